The molecule has 1 aromatic heterocycles. The molecule has 28 heavy (non-hydrogen) atoms. The first kappa shape index (κ1) is 19.7. The second kappa shape index (κ2) is 8.73. The van der Waals surface area contributed by atoms with E-state index in [2.05, 4.69) is 15.6 Å². The largest absolute Gasteiger partial charge is 0.380 e. The van der Waals surface area contributed by atoms with Gasteiger partial charge in [-0.05, 0) is 35.9 Å². The maximum atomic E-state index is 14.3. The average Bonchev–Trinajstić information content (AvgIpc) is 3.10. The van der Waals surface area contributed by atoms with Crippen molar-refractivity contribution in [2.75, 3.05) is 17.7 Å². The van der Waals surface area contributed by atoms with Crippen molar-refractivity contribution in [3.8, 4) is 11.3 Å². The lowest BCUT2D eigenvalue weighted by molar-refractivity contribution is -0.114. The van der Waals surface area contributed by atoms with Gasteiger partial charge >= 0.3 is 0 Å². The van der Waals surface area contributed by atoms with E-state index in [9.17, 15) is 14.0 Å². The Hall–Kier alpha value is -3.10. The number of halogens is 1. The topological polar surface area (TPSA) is 80.3 Å². The van der Waals surface area contributed by atoms with Crippen molar-refractivity contribution in [2.24, 2.45) is 0 Å². The summed E-state index contributed by atoms with van der Waals surface area (Å²) >= 11 is 1.20. The molecule has 0 aliphatic heterocycles. The number of hydrogen-bond donors (Lipinski definition) is 2. The Balaban J connectivity index is 1.71. The summed E-state index contributed by atoms with van der Waals surface area (Å²) in [6.07, 6.45) is 0. The number of anilines is 2. The summed E-state index contributed by atoms with van der Waals surface area (Å²) in [5.41, 5.74) is 2.52. The van der Waals surface area contributed by atoms with E-state index in [0.29, 0.717) is 28.7 Å². The average molecular weight is 399 g/mol. The zero-order valence-electron chi connectivity index (χ0n) is 15.3. The van der Waals surface area contributed by atoms with Crippen LogP contribution in [0.3, 0.4) is 0 Å². The van der Waals surface area contributed by atoms with E-state index in [0.717, 1.165) is 5.56 Å². The lowest BCUT2D eigenvalue weighted by Crippen LogP contribution is -2.11. The molecule has 0 aliphatic carbocycles. The number of aromatic nitrogens is 1. The van der Waals surface area contributed by atoms with Gasteiger partial charge in [-0.1, -0.05) is 12.1 Å². The number of carbonyl (C=O) groups excluding carboxylic acids is 2. The van der Waals surface area contributed by atoms with Crippen LogP contribution in [-0.4, -0.2) is 23.9 Å². The molecule has 8 heteroatoms. The molecule has 2 N–H and O–H groups in total. The number of methoxy groups -OCH3 is 1. The van der Waals surface area contributed by atoms with Crippen molar-refractivity contribution in [1.82, 2.24) is 4.98 Å². The molecule has 0 fully saturated rings. The molecule has 0 saturated heterocycles. The standard InChI is InChI=1S/C20H18FN3O3S/c1-12(25)22-15-7-8-16(17(21)9-15)18-11-28-20(23-18)24-19(26)14-5-3-13(4-6-14)10-27-2/h3-9,11H,10H2,1-2H3,(H,22,25)(H,23,24,26). The quantitative estimate of drug-likeness (QED) is 0.647. The number of benzene rings is 2. The molecule has 6 nitrogen and oxygen atoms in total. The third kappa shape index (κ3) is 4.79. The Bertz CT molecular complexity index is 1000. The van der Waals surface area contributed by atoms with Crippen molar-refractivity contribution in [2.45, 2.75) is 13.5 Å². The van der Waals surface area contributed by atoms with Gasteiger partial charge in [-0.15, -0.1) is 11.3 Å². The van der Waals surface area contributed by atoms with Crippen LogP contribution in [0.5, 0.6) is 0 Å². The lowest BCUT2D eigenvalue weighted by Gasteiger charge is -2.05. The molecule has 0 bridgehead atoms. The summed E-state index contributed by atoms with van der Waals surface area (Å²) in [6.45, 7) is 1.83. The Morgan fingerprint density at radius 3 is 2.54 bits per heavy atom. The molecule has 0 unspecified atom stereocenters. The van der Waals surface area contributed by atoms with Gasteiger partial charge in [0.15, 0.2) is 5.13 Å². The van der Waals surface area contributed by atoms with Gasteiger partial charge in [-0.3, -0.25) is 14.9 Å². The maximum Gasteiger partial charge on any atom is 0.257 e. The van der Waals surface area contributed by atoms with Gasteiger partial charge in [-0.25, -0.2) is 9.37 Å². The summed E-state index contributed by atoms with van der Waals surface area (Å²) in [4.78, 5) is 27.7. The van der Waals surface area contributed by atoms with Crippen LogP contribution in [-0.2, 0) is 16.1 Å². The molecule has 1 heterocycles. The zero-order chi connectivity index (χ0) is 20.1. The number of carbonyl (C=O) groups is 2. The Morgan fingerprint density at radius 1 is 1.14 bits per heavy atom. The molecule has 3 aromatic rings. The summed E-state index contributed by atoms with van der Waals surface area (Å²) < 4.78 is 19.4. The van der Waals surface area contributed by atoms with E-state index in [4.69, 9.17) is 4.74 Å². The third-order valence-electron chi connectivity index (χ3n) is 3.82. The second-order valence-corrected chi connectivity index (χ2v) is 6.86. The third-order valence-corrected chi connectivity index (χ3v) is 4.57. The van der Waals surface area contributed by atoms with Crippen molar-refractivity contribution in [1.29, 1.82) is 0 Å². The predicted molar refractivity (Wildman–Crippen MR) is 107 cm³/mol. The minimum Gasteiger partial charge on any atom is -0.380 e. The van der Waals surface area contributed by atoms with E-state index < -0.39 is 5.82 Å². The maximum absolute atomic E-state index is 14.3. The van der Waals surface area contributed by atoms with Crippen molar-refractivity contribution >= 4 is 34.0 Å². The summed E-state index contributed by atoms with van der Waals surface area (Å²) in [5, 5.41) is 7.27. The van der Waals surface area contributed by atoms with Crippen molar-refractivity contribution < 1.29 is 18.7 Å². The fourth-order valence-corrected chi connectivity index (χ4v) is 3.25. The van der Waals surface area contributed by atoms with Crippen LogP contribution >= 0.6 is 11.3 Å². The molecular weight excluding hydrogens is 381 g/mol. The molecule has 0 aliphatic rings. The SMILES string of the molecule is COCc1ccc(C(=O)Nc2nc(-c3ccc(NC(C)=O)cc3F)cs2)cc1. The van der Waals surface area contributed by atoms with Crippen LogP contribution in [0.1, 0.15) is 22.8 Å². The van der Waals surface area contributed by atoms with E-state index in [1.54, 1.807) is 30.7 Å². The first-order valence-electron chi connectivity index (χ1n) is 8.38. The highest BCUT2D eigenvalue weighted by atomic mass is 32.1. The van der Waals surface area contributed by atoms with Gasteiger partial charge in [0.1, 0.15) is 5.82 Å². The number of rotatable bonds is 6. The van der Waals surface area contributed by atoms with Gasteiger partial charge < -0.3 is 10.1 Å². The Kier molecular flexibility index (Phi) is 6.13. The molecule has 0 radical (unpaired) electrons. The lowest BCUT2D eigenvalue weighted by atomic mass is 10.1. The summed E-state index contributed by atoms with van der Waals surface area (Å²) in [6, 6.07) is 11.4. The monoisotopic (exact) mass is 399 g/mol. The van der Waals surface area contributed by atoms with Crippen LogP contribution < -0.4 is 10.6 Å². The van der Waals surface area contributed by atoms with Crippen LogP contribution in [0.15, 0.2) is 47.8 Å². The first-order chi connectivity index (χ1) is 13.5. The van der Waals surface area contributed by atoms with Gasteiger partial charge in [0.2, 0.25) is 5.91 Å². The smallest absolute Gasteiger partial charge is 0.257 e. The second-order valence-electron chi connectivity index (χ2n) is 6.00. The van der Waals surface area contributed by atoms with Crippen LogP contribution in [0.2, 0.25) is 0 Å². The molecule has 2 aromatic carbocycles. The first-order valence-corrected chi connectivity index (χ1v) is 9.26. The Labute approximate surface area is 165 Å². The number of hydrogen-bond acceptors (Lipinski definition) is 5. The highest BCUT2D eigenvalue weighted by molar-refractivity contribution is 7.14. The van der Waals surface area contributed by atoms with Gasteiger partial charge in [-0.2, -0.15) is 0 Å². The molecule has 144 valence electrons. The summed E-state index contributed by atoms with van der Waals surface area (Å²) in [7, 11) is 1.61. The minimum atomic E-state index is -0.511. The van der Waals surface area contributed by atoms with E-state index in [1.807, 2.05) is 12.1 Å². The van der Waals surface area contributed by atoms with Crippen LogP contribution in [0, 0.1) is 5.82 Å². The predicted octanol–water partition coefficient (Wildman–Crippen LogP) is 4.31. The highest BCUT2D eigenvalue weighted by Crippen LogP contribution is 2.29. The number of thiazole rings is 1. The fourth-order valence-electron chi connectivity index (χ4n) is 2.55. The summed E-state index contributed by atoms with van der Waals surface area (Å²) in [5.74, 6) is -1.09. The van der Waals surface area contributed by atoms with E-state index >= 15 is 0 Å². The van der Waals surface area contributed by atoms with Crippen molar-refractivity contribution in [3.63, 3.8) is 0 Å². The number of amides is 2. The van der Waals surface area contributed by atoms with Crippen LogP contribution in [0.4, 0.5) is 15.2 Å². The van der Waals surface area contributed by atoms with Gasteiger partial charge in [0.05, 0.1) is 12.3 Å². The number of nitrogens with zero attached hydrogens (tertiary/aromatic N) is 1. The highest BCUT2D eigenvalue weighted by Gasteiger charge is 2.13. The van der Waals surface area contributed by atoms with Gasteiger partial charge in [0.25, 0.3) is 5.91 Å². The van der Waals surface area contributed by atoms with Crippen LogP contribution in [0.25, 0.3) is 11.3 Å². The molecule has 0 spiro atoms. The molecular formula is C20H18FN3O3S. The molecule has 2 amide bonds. The van der Waals surface area contributed by atoms with E-state index in [1.165, 1.54) is 30.4 Å². The minimum absolute atomic E-state index is 0.277. The van der Waals surface area contributed by atoms with Gasteiger partial charge in [0, 0.05) is 36.2 Å². The van der Waals surface area contributed by atoms with Crippen molar-refractivity contribution in [3.05, 3.63) is 64.8 Å². The molecule has 0 atom stereocenters. The normalized spacial score (nSPS) is 10.5. The number of ether oxygens (including phenoxy) is 1. The number of nitrogens with one attached hydrogen (secondary N) is 2. The zero-order valence-corrected chi connectivity index (χ0v) is 16.1. The fraction of sp³-hybridized carbons (Fsp3) is 0.150. The van der Waals surface area contributed by atoms with E-state index in [-0.39, 0.29) is 17.4 Å². The molecule has 3 rings (SSSR count). The Morgan fingerprint density at radius 2 is 1.89 bits per heavy atom. The molecule has 0 saturated carbocycles.